The summed E-state index contributed by atoms with van der Waals surface area (Å²) < 4.78 is 12.5. The number of furan rings is 1. The number of carbonyl (C=O) groups excluding carboxylic acids is 1. The minimum Gasteiger partial charge on any atom is -0.466 e. The molecule has 2 rings (SSSR count). The van der Waals surface area contributed by atoms with Gasteiger partial charge in [-0.3, -0.25) is 0 Å². The molecule has 0 aliphatic carbocycles. The molecular weight excluding hydrogens is 458 g/mol. The zero-order valence-electron chi connectivity index (χ0n) is 10.4. The fourth-order valence-electron chi connectivity index (χ4n) is 1.64. The first-order valence-corrected chi connectivity index (χ1v) is 7.94. The SMILES string of the molecule is COC(=O)c1cc(Br)cc(Br)c1NCc1occc1Br. The van der Waals surface area contributed by atoms with Gasteiger partial charge in [-0.2, -0.15) is 0 Å². The van der Waals surface area contributed by atoms with Crippen LogP contribution in [-0.4, -0.2) is 13.1 Å². The standard InChI is InChI=1S/C13H10Br3NO3/c1-19-13(18)8-4-7(14)5-10(16)12(8)17-6-11-9(15)2-3-20-11/h2-5,17H,6H2,1H3. The summed E-state index contributed by atoms with van der Waals surface area (Å²) in [5, 5.41) is 3.17. The normalized spacial score (nSPS) is 10.4. The molecule has 0 amide bonds. The predicted molar refractivity (Wildman–Crippen MR) is 86.9 cm³/mol. The van der Waals surface area contributed by atoms with Crippen LogP contribution in [0.15, 0.2) is 42.3 Å². The van der Waals surface area contributed by atoms with E-state index in [1.165, 1.54) is 7.11 Å². The molecule has 0 saturated carbocycles. The Morgan fingerprint density at radius 3 is 2.65 bits per heavy atom. The monoisotopic (exact) mass is 465 g/mol. The van der Waals surface area contributed by atoms with Crippen LogP contribution in [0.25, 0.3) is 0 Å². The van der Waals surface area contributed by atoms with Gasteiger partial charge in [0.1, 0.15) is 5.76 Å². The van der Waals surface area contributed by atoms with Gasteiger partial charge in [-0.25, -0.2) is 4.79 Å². The number of rotatable bonds is 4. The van der Waals surface area contributed by atoms with Gasteiger partial charge in [0.2, 0.25) is 0 Å². The molecule has 0 spiro atoms. The van der Waals surface area contributed by atoms with E-state index >= 15 is 0 Å². The lowest BCUT2D eigenvalue weighted by Gasteiger charge is -2.13. The highest BCUT2D eigenvalue weighted by Crippen LogP contribution is 2.32. The van der Waals surface area contributed by atoms with Gasteiger partial charge in [0.05, 0.1) is 35.6 Å². The molecule has 0 aliphatic rings. The molecule has 0 atom stereocenters. The van der Waals surface area contributed by atoms with Crippen LogP contribution < -0.4 is 5.32 Å². The maximum atomic E-state index is 11.8. The first-order valence-electron chi connectivity index (χ1n) is 5.56. The number of ether oxygens (including phenoxy) is 1. The molecule has 1 aromatic heterocycles. The number of nitrogens with one attached hydrogen (secondary N) is 1. The van der Waals surface area contributed by atoms with Crippen LogP contribution in [0.1, 0.15) is 16.1 Å². The molecule has 1 N–H and O–H groups in total. The summed E-state index contributed by atoms with van der Waals surface area (Å²) in [6.45, 7) is 0.442. The molecule has 20 heavy (non-hydrogen) atoms. The second kappa shape index (κ2) is 6.78. The quantitative estimate of drug-likeness (QED) is 0.645. The number of halogens is 3. The smallest absolute Gasteiger partial charge is 0.340 e. The third-order valence-electron chi connectivity index (χ3n) is 2.58. The van der Waals surface area contributed by atoms with Gasteiger partial charge >= 0.3 is 5.97 Å². The van der Waals surface area contributed by atoms with Crippen LogP contribution in [0.5, 0.6) is 0 Å². The van der Waals surface area contributed by atoms with Crippen molar-refractivity contribution < 1.29 is 13.9 Å². The Bertz CT molecular complexity index is 640. The lowest BCUT2D eigenvalue weighted by Crippen LogP contribution is -2.09. The van der Waals surface area contributed by atoms with E-state index in [9.17, 15) is 4.79 Å². The summed E-state index contributed by atoms with van der Waals surface area (Å²) in [5.74, 6) is 0.337. The number of carbonyl (C=O) groups is 1. The maximum Gasteiger partial charge on any atom is 0.340 e. The summed E-state index contributed by atoms with van der Waals surface area (Å²) in [6.07, 6.45) is 1.60. The highest BCUT2D eigenvalue weighted by atomic mass is 79.9. The molecule has 4 nitrogen and oxygen atoms in total. The first-order chi connectivity index (χ1) is 9.52. The second-order valence-electron chi connectivity index (χ2n) is 3.85. The molecule has 1 heterocycles. The molecular formula is C13H10Br3NO3. The third-order valence-corrected chi connectivity index (χ3v) is 4.37. The summed E-state index contributed by atoms with van der Waals surface area (Å²) >= 11 is 10.2. The molecule has 0 bridgehead atoms. The fourth-order valence-corrected chi connectivity index (χ4v) is 3.35. The maximum absolute atomic E-state index is 11.8. The van der Waals surface area contributed by atoms with Crippen LogP contribution in [-0.2, 0) is 11.3 Å². The second-order valence-corrected chi connectivity index (χ2v) is 6.47. The van der Waals surface area contributed by atoms with Crippen LogP contribution in [0.4, 0.5) is 5.69 Å². The van der Waals surface area contributed by atoms with Gasteiger partial charge in [0.15, 0.2) is 0 Å². The van der Waals surface area contributed by atoms with Crippen molar-refractivity contribution in [2.24, 2.45) is 0 Å². The molecule has 0 unspecified atom stereocenters. The van der Waals surface area contributed by atoms with Crippen molar-refractivity contribution in [1.29, 1.82) is 0 Å². The van der Waals surface area contributed by atoms with Crippen LogP contribution in [0, 0.1) is 0 Å². The largest absolute Gasteiger partial charge is 0.466 e. The molecule has 1 aromatic carbocycles. The molecule has 2 aromatic rings. The zero-order chi connectivity index (χ0) is 14.7. The zero-order valence-corrected chi connectivity index (χ0v) is 15.1. The van der Waals surface area contributed by atoms with E-state index < -0.39 is 5.97 Å². The van der Waals surface area contributed by atoms with Crippen LogP contribution in [0.3, 0.4) is 0 Å². The van der Waals surface area contributed by atoms with Gasteiger partial charge in [0, 0.05) is 8.95 Å². The summed E-state index contributed by atoms with van der Waals surface area (Å²) in [7, 11) is 1.35. The van der Waals surface area contributed by atoms with Crippen molar-refractivity contribution >= 4 is 59.4 Å². The van der Waals surface area contributed by atoms with Gasteiger partial charge in [-0.1, -0.05) is 15.9 Å². The van der Waals surface area contributed by atoms with E-state index in [1.54, 1.807) is 12.3 Å². The average molecular weight is 468 g/mol. The van der Waals surface area contributed by atoms with Gasteiger partial charge in [0.25, 0.3) is 0 Å². The Labute approximate surface area is 141 Å². The predicted octanol–water partition coefficient (Wildman–Crippen LogP) is 4.97. The molecule has 0 aliphatic heterocycles. The van der Waals surface area contributed by atoms with E-state index in [4.69, 9.17) is 9.15 Å². The number of hydrogen-bond donors (Lipinski definition) is 1. The van der Waals surface area contributed by atoms with Crippen molar-refractivity contribution in [3.63, 3.8) is 0 Å². The van der Waals surface area contributed by atoms with Gasteiger partial charge < -0.3 is 14.5 Å². The minimum atomic E-state index is -0.409. The van der Waals surface area contributed by atoms with Crippen molar-refractivity contribution in [3.8, 4) is 0 Å². The Hall–Kier alpha value is -0.790. The van der Waals surface area contributed by atoms with Crippen molar-refractivity contribution in [2.45, 2.75) is 6.54 Å². The van der Waals surface area contributed by atoms with E-state index in [0.717, 1.165) is 19.2 Å². The first kappa shape index (κ1) is 15.6. The summed E-state index contributed by atoms with van der Waals surface area (Å²) in [5.41, 5.74) is 1.10. The van der Waals surface area contributed by atoms with E-state index in [2.05, 4.69) is 53.1 Å². The summed E-state index contributed by atoms with van der Waals surface area (Å²) in [4.78, 5) is 11.8. The topological polar surface area (TPSA) is 51.5 Å². The average Bonchev–Trinajstić information content (AvgIpc) is 2.81. The Morgan fingerprint density at radius 2 is 2.05 bits per heavy atom. The Kier molecular flexibility index (Phi) is 5.29. The number of hydrogen-bond acceptors (Lipinski definition) is 4. The lowest BCUT2D eigenvalue weighted by atomic mass is 10.2. The number of anilines is 1. The highest BCUT2D eigenvalue weighted by molar-refractivity contribution is 9.11. The number of methoxy groups -OCH3 is 1. The van der Waals surface area contributed by atoms with Gasteiger partial charge in [-0.05, 0) is 50.1 Å². The van der Waals surface area contributed by atoms with Crippen molar-refractivity contribution in [3.05, 3.63) is 49.2 Å². The highest BCUT2D eigenvalue weighted by Gasteiger charge is 2.16. The molecule has 0 radical (unpaired) electrons. The van der Waals surface area contributed by atoms with Crippen molar-refractivity contribution in [1.82, 2.24) is 0 Å². The molecule has 0 fully saturated rings. The van der Waals surface area contributed by atoms with Crippen LogP contribution >= 0.6 is 47.8 Å². The minimum absolute atomic E-state index is 0.409. The molecule has 0 saturated heterocycles. The molecule has 106 valence electrons. The van der Waals surface area contributed by atoms with E-state index in [0.29, 0.717) is 17.8 Å². The van der Waals surface area contributed by atoms with Crippen LogP contribution in [0.2, 0.25) is 0 Å². The Balaban J connectivity index is 2.30. The van der Waals surface area contributed by atoms with E-state index in [1.807, 2.05) is 12.1 Å². The number of esters is 1. The lowest BCUT2D eigenvalue weighted by molar-refractivity contribution is 0.0601. The molecule has 7 heteroatoms. The Morgan fingerprint density at radius 1 is 1.30 bits per heavy atom. The van der Waals surface area contributed by atoms with Crippen molar-refractivity contribution in [2.75, 3.05) is 12.4 Å². The van der Waals surface area contributed by atoms with E-state index in [-0.39, 0.29) is 0 Å². The van der Waals surface area contributed by atoms with Gasteiger partial charge in [-0.15, -0.1) is 0 Å². The fraction of sp³-hybridized carbons (Fsp3) is 0.154. The third kappa shape index (κ3) is 3.45. The number of benzene rings is 1. The summed E-state index contributed by atoms with van der Waals surface area (Å²) in [6, 6.07) is 5.37.